The normalized spacial score (nSPS) is 10.7. The molecule has 0 fully saturated rings. The van der Waals surface area contributed by atoms with E-state index < -0.39 is 0 Å². The van der Waals surface area contributed by atoms with Crippen molar-refractivity contribution in [2.24, 2.45) is 4.99 Å². The number of ether oxygens (including phenoxy) is 2. The lowest BCUT2D eigenvalue weighted by molar-refractivity contribution is 0.0963. The molecule has 0 atom stereocenters. The maximum Gasteiger partial charge on any atom is 0.251 e. The van der Waals surface area contributed by atoms with Gasteiger partial charge in [0.1, 0.15) is 6.61 Å². The Morgan fingerprint density at radius 2 is 1.97 bits per heavy atom. The highest BCUT2D eigenvalue weighted by Gasteiger charge is 2.07. The zero-order chi connectivity index (χ0) is 21.8. The van der Waals surface area contributed by atoms with Gasteiger partial charge in [0.25, 0.3) is 5.91 Å². The lowest BCUT2D eigenvalue weighted by atomic mass is 10.1. The quantitative estimate of drug-likeness (QED) is 0.336. The number of benzene rings is 2. The second-order valence-electron chi connectivity index (χ2n) is 6.36. The van der Waals surface area contributed by atoms with Gasteiger partial charge in [-0.25, -0.2) is 0 Å². The van der Waals surface area contributed by atoms with Crippen LogP contribution in [0.15, 0.2) is 47.5 Å². The van der Waals surface area contributed by atoms with Crippen LogP contribution in [0.2, 0.25) is 0 Å². The highest BCUT2D eigenvalue weighted by Crippen LogP contribution is 2.27. The molecule has 0 aromatic heterocycles. The molecule has 0 saturated heterocycles. The molecule has 0 aliphatic carbocycles. The van der Waals surface area contributed by atoms with Crippen molar-refractivity contribution < 1.29 is 14.3 Å². The van der Waals surface area contributed by atoms with Crippen LogP contribution in [0.25, 0.3) is 0 Å². The van der Waals surface area contributed by atoms with E-state index in [1.807, 2.05) is 36.4 Å². The highest BCUT2D eigenvalue weighted by atomic mass is 16.5. The number of guanidine groups is 1. The molecule has 1 amide bonds. The number of methoxy groups -OCH3 is 1. The molecule has 0 aliphatic heterocycles. The summed E-state index contributed by atoms with van der Waals surface area (Å²) in [5.74, 6) is 4.28. The van der Waals surface area contributed by atoms with Crippen molar-refractivity contribution in [3.63, 3.8) is 0 Å². The first-order chi connectivity index (χ1) is 14.6. The standard InChI is InChI=1S/C23H28N4O3/c1-5-13-30-21-15-18(9-10-20(21)29-4)16-27-23(25-3)26-12-11-17-7-6-8-19(14-17)22(28)24-2/h1,6-10,14-15H,11-13,16H2,2-4H3,(H,24,28)(H2,25,26,27). The summed E-state index contributed by atoms with van der Waals surface area (Å²) in [6.07, 6.45) is 6.03. The van der Waals surface area contributed by atoms with Crippen LogP contribution in [-0.4, -0.2) is 46.2 Å². The van der Waals surface area contributed by atoms with Crippen LogP contribution in [0, 0.1) is 12.3 Å². The summed E-state index contributed by atoms with van der Waals surface area (Å²) in [6.45, 7) is 1.41. The fourth-order valence-electron chi connectivity index (χ4n) is 2.81. The predicted octanol–water partition coefficient (Wildman–Crippen LogP) is 1.97. The van der Waals surface area contributed by atoms with Crippen molar-refractivity contribution in [3.8, 4) is 23.8 Å². The number of carbonyl (C=O) groups is 1. The van der Waals surface area contributed by atoms with Gasteiger partial charge in [0.05, 0.1) is 7.11 Å². The third kappa shape index (κ3) is 6.74. The van der Waals surface area contributed by atoms with E-state index in [1.54, 1.807) is 27.3 Å². The number of terminal acetylenes is 1. The molecule has 0 spiro atoms. The molecular weight excluding hydrogens is 380 g/mol. The topological polar surface area (TPSA) is 84.0 Å². The molecule has 0 saturated carbocycles. The maximum absolute atomic E-state index is 11.8. The number of aliphatic imine (C=N–C) groups is 1. The van der Waals surface area contributed by atoms with Gasteiger partial charge in [-0.15, -0.1) is 6.42 Å². The van der Waals surface area contributed by atoms with Crippen LogP contribution in [0.5, 0.6) is 11.5 Å². The number of hydrogen-bond donors (Lipinski definition) is 3. The first kappa shape index (κ1) is 22.6. The van der Waals surface area contributed by atoms with Crippen LogP contribution < -0.4 is 25.4 Å². The largest absolute Gasteiger partial charge is 0.493 e. The van der Waals surface area contributed by atoms with E-state index in [0.717, 1.165) is 17.5 Å². The molecule has 2 aromatic rings. The molecule has 0 heterocycles. The predicted molar refractivity (Wildman–Crippen MR) is 119 cm³/mol. The maximum atomic E-state index is 11.8. The summed E-state index contributed by atoms with van der Waals surface area (Å²) in [5.41, 5.74) is 2.73. The van der Waals surface area contributed by atoms with Crippen molar-refractivity contribution in [2.75, 3.05) is 34.4 Å². The van der Waals surface area contributed by atoms with Crippen molar-refractivity contribution >= 4 is 11.9 Å². The van der Waals surface area contributed by atoms with Gasteiger partial charge in [0.2, 0.25) is 0 Å². The van der Waals surface area contributed by atoms with E-state index in [-0.39, 0.29) is 12.5 Å². The average molecular weight is 409 g/mol. The van der Waals surface area contributed by atoms with Gasteiger partial charge in [-0.1, -0.05) is 24.1 Å². The molecule has 2 rings (SSSR count). The fourth-order valence-corrected chi connectivity index (χ4v) is 2.81. The minimum Gasteiger partial charge on any atom is -0.493 e. The number of rotatable bonds is 9. The van der Waals surface area contributed by atoms with E-state index in [1.165, 1.54) is 0 Å². The zero-order valence-corrected chi connectivity index (χ0v) is 17.6. The van der Waals surface area contributed by atoms with E-state index in [9.17, 15) is 4.79 Å². The van der Waals surface area contributed by atoms with E-state index in [0.29, 0.717) is 36.1 Å². The summed E-state index contributed by atoms with van der Waals surface area (Å²) in [7, 11) is 4.93. The molecule has 0 unspecified atom stereocenters. The Kier molecular flexibility index (Phi) is 9.07. The monoisotopic (exact) mass is 408 g/mol. The van der Waals surface area contributed by atoms with Crippen LogP contribution in [0.4, 0.5) is 0 Å². The minimum atomic E-state index is -0.0904. The Balaban J connectivity index is 1.88. The Bertz CT molecular complexity index is 919. The third-order valence-electron chi connectivity index (χ3n) is 4.34. The summed E-state index contributed by atoms with van der Waals surface area (Å²) in [4.78, 5) is 16.0. The minimum absolute atomic E-state index is 0.0904. The van der Waals surface area contributed by atoms with Gasteiger partial charge in [-0.05, 0) is 41.8 Å². The van der Waals surface area contributed by atoms with E-state index in [2.05, 4.69) is 26.9 Å². The molecule has 0 radical (unpaired) electrons. The lowest BCUT2D eigenvalue weighted by Gasteiger charge is -2.14. The number of carbonyl (C=O) groups excluding carboxylic acids is 1. The summed E-state index contributed by atoms with van der Waals surface area (Å²) in [5, 5.41) is 9.18. The van der Waals surface area contributed by atoms with Crippen molar-refractivity contribution in [1.82, 2.24) is 16.0 Å². The van der Waals surface area contributed by atoms with Gasteiger partial charge in [0, 0.05) is 32.7 Å². The van der Waals surface area contributed by atoms with E-state index >= 15 is 0 Å². The molecule has 7 heteroatoms. The first-order valence-electron chi connectivity index (χ1n) is 9.60. The van der Waals surface area contributed by atoms with Gasteiger partial charge in [-0.2, -0.15) is 0 Å². The Morgan fingerprint density at radius 3 is 2.67 bits per heavy atom. The Hall–Kier alpha value is -3.66. The van der Waals surface area contributed by atoms with Crippen molar-refractivity contribution in [2.45, 2.75) is 13.0 Å². The fraction of sp³-hybridized carbons (Fsp3) is 0.304. The molecule has 0 bridgehead atoms. The molecule has 3 N–H and O–H groups in total. The molecule has 2 aromatic carbocycles. The summed E-state index contributed by atoms with van der Waals surface area (Å²) in [6, 6.07) is 13.3. The second-order valence-corrected chi connectivity index (χ2v) is 6.36. The molecule has 7 nitrogen and oxygen atoms in total. The third-order valence-corrected chi connectivity index (χ3v) is 4.34. The Morgan fingerprint density at radius 1 is 1.13 bits per heavy atom. The summed E-state index contributed by atoms with van der Waals surface area (Å²) >= 11 is 0. The molecule has 158 valence electrons. The SMILES string of the molecule is C#CCOc1cc(CNC(=NC)NCCc2cccc(C(=O)NC)c2)ccc1OC. The number of hydrogen-bond acceptors (Lipinski definition) is 4. The molecule has 0 aliphatic rings. The average Bonchev–Trinajstić information content (AvgIpc) is 2.79. The number of amides is 1. The lowest BCUT2D eigenvalue weighted by Crippen LogP contribution is -2.37. The molecular formula is C23H28N4O3. The number of nitrogens with one attached hydrogen (secondary N) is 3. The van der Waals surface area contributed by atoms with Crippen LogP contribution in [0.1, 0.15) is 21.5 Å². The second kappa shape index (κ2) is 12.0. The van der Waals surface area contributed by atoms with Crippen LogP contribution in [-0.2, 0) is 13.0 Å². The van der Waals surface area contributed by atoms with Gasteiger partial charge >= 0.3 is 0 Å². The Labute approximate surface area is 177 Å². The van der Waals surface area contributed by atoms with Crippen molar-refractivity contribution in [3.05, 3.63) is 59.2 Å². The summed E-state index contributed by atoms with van der Waals surface area (Å²) < 4.78 is 10.8. The highest BCUT2D eigenvalue weighted by molar-refractivity contribution is 5.94. The number of nitrogens with zero attached hydrogens (tertiary/aromatic N) is 1. The van der Waals surface area contributed by atoms with Crippen LogP contribution >= 0.6 is 0 Å². The van der Waals surface area contributed by atoms with Gasteiger partial charge in [-0.3, -0.25) is 9.79 Å². The smallest absolute Gasteiger partial charge is 0.251 e. The van der Waals surface area contributed by atoms with Crippen molar-refractivity contribution in [1.29, 1.82) is 0 Å². The molecule has 30 heavy (non-hydrogen) atoms. The zero-order valence-electron chi connectivity index (χ0n) is 17.6. The van der Waals surface area contributed by atoms with Gasteiger partial charge < -0.3 is 25.4 Å². The van der Waals surface area contributed by atoms with Gasteiger partial charge in [0.15, 0.2) is 17.5 Å². The van der Waals surface area contributed by atoms with E-state index in [4.69, 9.17) is 15.9 Å². The van der Waals surface area contributed by atoms with Crippen LogP contribution in [0.3, 0.4) is 0 Å². The first-order valence-corrected chi connectivity index (χ1v) is 9.60.